The molecule has 1 aliphatic heterocycles. The Balaban J connectivity index is 1.94. The van der Waals surface area contributed by atoms with Gasteiger partial charge in [-0.1, -0.05) is 0 Å². The number of nitrogens with zero attached hydrogens (tertiary/aromatic N) is 1. The molecule has 2 heterocycles. The quantitative estimate of drug-likeness (QED) is 0.845. The second-order valence-electron chi connectivity index (χ2n) is 4.41. The van der Waals surface area contributed by atoms with Crippen LogP contribution in [0.25, 0.3) is 0 Å². The number of nitrogen functional groups attached to an aromatic ring is 1. The summed E-state index contributed by atoms with van der Waals surface area (Å²) < 4.78 is 15.3. The lowest BCUT2D eigenvalue weighted by Gasteiger charge is -2.13. The molecule has 0 bridgehead atoms. The van der Waals surface area contributed by atoms with Crippen molar-refractivity contribution in [3.8, 4) is 5.75 Å². The van der Waals surface area contributed by atoms with E-state index in [2.05, 4.69) is 9.69 Å². The van der Waals surface area contributed by atoms with Crippen LogP contribution >= 0.6 is 11.5 Å². The lowest BCUT2D eigenvalue weighted by molar-refractivity contribution is 0.120. The maximum atomic E-state index is 5.78. The monoisotopic (exact) mass is 257 g/mol. The maximum absolute atomic E-state index is 5.78. The van der Waals surface area contributed by atoms with Crippen LogP contribution in [0.1, 0.15) is 26.7 Å². The summed E-state index contributed by atoms with van der Waals surface area (Å²) in [6.07, 6.45) is 2.65. The van der Waals surface area contributed by atoms with Crippen LogP contribution in [-0.4, -0.2) is 29.7 Å². The Bertz CT molecular complexity index is 362. The molecule has 5 nitrogen and oxygen atoms in total. The highest BCUT2D eigenvalue weighted by Crippen LogP contribution is 2.36. The van der Waals surface area contributed by atoms with Crippen molar-refractivity contribution in [1.29, 1.82) is 0 Å². The van der Waals surface area contributed by atoms with Crippen LogP contribution in [0.3, 0.4) is 0 Å². The molecule has 0 saturated carbocycles. The first-order chi connectivity index (χ1) is 8.16. The van der Waals surface area contributed by atoms with E-state index >= 15 is 0 Å². The smallest absolute Gasteiger partial charge is 0.197 e. The Kier molecular flexibility index (Phi) is 4.06. The molecule has 1 aromatic heterocycles. The van der Waals surface area contributed by atoms with Crippen LogP contribution in [-0.2, 0) is 4.74 Å². The Hall–Kier alpha value is -1.01. The lowest BCUT2D eigenvalue weighted by Crippen LogP contribution is -2.18. The third-order valence-corrected chi connectivity index (χ3v) is 3.34. The van der Waals surface area contributed by atoms with E-state index < -0.39 is 0 Å². The molecular weight excluding hydrogens is 238 g/mol. The van der Waals surface area contributed by atoms with E-state index in [1.165, 1.54) is 11.5 Å². The van der Waals surface area contributed by atoms with Gasteiger partial charge in [-0.2, -0.15) is 4.37 Å². The average molecular weight is 257 g/mol. The number of anilines is 2. The summed E-state index contributed by atoms with van der Waals surface area (Å²) in [4.78, 5) is 0. The molecule has 1 aromatic rings. The van der Waals surface area contributed by atoms with Gasteiger partial charge in [0.05, 0.1) is 12.2 Å². The molecule has 96 valence electrons. The third kappa shape index (κ3) is 3.23. The number of rotatable bonds is 5. The summed E-state index contributed by atoms with van der Waals surface area (Å²) in [5.74, 6) is 1.13. The van der Waals surface area contributed by atoms with Gasteiger partial charge in [-0.15, -0.1) is 0 Å². The van der Waals surface area contributed by atoms with E-state index in [1.807, 2.05) is 13.8 Å². The fraction of sp³-hybridized carbons (Fsp3) is 0.727. The highest BCUT2D eigenvalue weighted by molar-refractivity contribution is 7.11. The summed E-state index contributed by atoms with van der Waals surface area (Å²) in [5.41, 5.74) is 5.78. The van der Waals surface area contributed by atoms with E-state index in [0.717, 1.165) is 31.0 Å². The van der Waals surface area contributed by atoms with E-state index in [-0.39, 0.29) is 6.10 Å². The number of nitrogens with two attached hydrogens (primary N) is 1. The Morgan fingerprint density at radius 2 is 2.47 bits per heavy atom. The molecule has 1 unspecified atom stereocenters. The molecule has 1 fully saturated rings. The van der Waals surface area contributed by atoms with Gasteiger partial charge in [-0.25, -0.2) is 0 Å². The molecule has 0 amide bonds. The molecule has 2 rings (SSSR count). The first-order valence-corrected chi connectivity index (χ1v) is 6.71. The SMILES string of the molecule is CC(C)Oc1c(N)nsc1NCC1CCCO1. The topological polar surface area (TPSA) is 69.4 Å². The third-order valence-electron chi connectivity index (χ3n) is 2.54. The molecule has 0 aromatic carbocycles. The summed E-state index contributed by atoms with van der Waals surface area (Å²) in [7, 11) is 0. The number of hydrogen-bond acceptors (Lipinski definition) is 6. The number of aromatic nitrogens is 1. The highest BCUT2D eigenvalue weighted by atomic mass is 32.1. The molecular formula is C11H19N3O2S. The van der Waals surface area contributed by atoms with Gasteiger partial charge < -0.3 is 20.5 Å². The van der Waals surface area contributed by atoms with Gasteiger partial charge in [-0.05, 0) is 38.2 Å². The minimum atomic E-state index is 0.0944. The van der Waals surface area contributed by atoms with E-state index in [4.69, 9.17) is 15.2 Å². The van der Waals surface area contributed by atoms with Crippen molar-refractivity contribution in [2.75, 3.05) is 24.2 Å². The molecule has 3 N–H and O–H groups in total. The van der Waals surface area contributed by atoms with Crippen molar-refractivity contribution in [2.45, 2.75) is 38.9 Å². The first kappa shape index (κ1) is 12.4. The van der Waals surface area contributed by atoms with Crippen LogP contribution < -0.4 is 15.8 Å². The fourth-order valence-corrected chi connectivity index (χ4v) is 2.42. The minimum Gasteiger partial charge on any atom is -0.484 e. The Morgan fingerprint density at radius 3 is 3.12 bits per heavy atom. The number of hydrogen-bond donors (Lipinski definition) is 2. The van der Waals surface area contributed by atoms with Crippen molar-refractivity contribution >= 4 is 22.4 Å². The van der Waals surface area contributed by atoms with Crippen molar-refractivity contribution < 1.29 is 9.47 Å². The molecule has 0 aliphatic carbocycles. The zero-order valence-electron chi connectivity index (χ0n) is 10.2. The zero-order valence-corrected chi connectivity index (χ0v) is 11.0. The molecule has 1 saturated heterocycles. The normalized spacial score (nSPS) is 19.8. The minimum absolute atomic E-state index is 0.0944. The summed E-state index contributed by atoms with van der Waals surface area (Å²) >= 11 is 1.33. The van der Waals surface area contributed by atoms with Crippen molar-refractivity contribution in [3.05, 3.63) is 0 Å². The zero-order chi connectivity index (χ0) is 12.3. The largest absolute Gasteiger partial charge is 0.484 e. The van der Waals surface area contributed by atoms with Crippen molar-refractivity contribution in [1.82, 2.24) is 4.37 Å². The van der Waals surface area contributed by atoms with E-state index in [0.29, 0.717) is 17.7 Å². The predicted molar refractivity (Wildman–Crippen MR) is 69.8 cm³/mol. The van der Waals surface area contributed by atoms with E-state index in [9.17, 15) is 0 Å². The molecule has 0 spiro atoms. The van der Waals surface area contributed by atoms with Gasteiger partial charge in [0.2, 0.25) is 0 Å². The predicted octanol–water partition coefficient (Wildman–Crippen LogP) is 2.10. The molecule has 1 atom stereocenters. The molecule has 1 aliphatic rings. The molecule has 6 heteroatoms. The van der Waals surface area contributed by atoms with Gasteiger partial charge in [0.15, 0.2) is 16.6 Å². The first-order valence-electron chi connectivity index (χ1n) is 5.94. The Labute approximate surface area is 105 Å². The number of nitrogens with one attached hydrogen (secondary N) is 1. The number of ether oxygens (including phenoxy) is 2. The van der Waals surface area contributed by atoms with Crippen LogP contribution in [0.15, 0.2) is 0 Å². The molecule has 0 radical (unpaired) electrons. The van der Waals surface area contributed by atoms with Crippen LogP contribution in [0.5, 0.6) is 5.75 Å². The van der Waals surface area contributed by atoms with Gasteiger partial charge in [0.1, 0.15) is 0 Å². The lowest BCUT2D eigenvalue weighted by atomic mass is 10.2. The summed E-state index contributed by atoms with van der Waals surface area (Å²) in [5, 5.41) is 4.20. The average Bonchev–Trinajstić information content (AvgIpc) is 2.88. The van der Waals surface area contributed by atoms with Gasteiger partial charge in [0, 0.05) is 13.2 Å². The van der Waals surface area contributed by atoms with Crippen LogP contribution in [0, 0.1) is 0 Å². The van der Waals surface area contributed by atoms with Gasteiger partial charge >= 0.3 is 0 Å². The summed E-state index contributed by atoms with van der Waals surface area (Å²) in [6, 6.07) is 0. The fourth-order valence-electron chi connectivity index (χ4n) is 1.77. The van der Waals surface area contributed by atoms with Crippen LogP contribution in [0.2, 0.25) is 0 Å². The standard InChI is InChI=1S/C11H19N3O2S/c1-7(2)16-9-10(12)14-17-11(9)13-6-8-4-3-5-15-8/h7-8,13H,3-6H2,1-2H3,(H2,12,14). The van der Waals surface area contributed by atoms with Gasteiger partial charge in [0.25, 0.3) is 0 Å². The highest BCUT2D eigenvalue weighted by Gasteiger charge is 2.18. The second-order valence-corrected chi connectivity index (χ2v) is 5.18. The maximum Gasteiger partial charge on any atom is 0.197 e. The van der Waals surface area contributed by atoms with Gasteiger partial charge in [-0.3, -0.25) is 0 Å². The van der Waals surface area contributed by atoms with Crippen LogP contribution in [0.4, 0.5) is 10.8 Å². The Morgan fingerprint density at radius 1 is 1.65 bits per heavy atom. The van der Waals surface area contributed by atoms with Crippen molar-refractivity contribution in [2.24, 2.45) is 0 Å². The molecule has 17 heavy (non-hydrogen) atoms. The van der Waals surface area contributed by atoms with Crippen molar-refractivity contribution in [3.63, 3.8) is 0 Å². The van der Waals surface area contributed by atoms with E-state index in [1.54, 1.807) is 0 Å². The summed E-state index contributed by atoms with van der Waals surface area (Å²) in [6.45, 7) is 5.60. The second kappa shape index (κ2) is 5.55.